The van der Waals surface area contributed by atoms with E-state index in [1.165, 1.54) is 17.0 Å². The zero-order valence-corrected chi connectivity index (χ0v) is 16.0. The molecule has 2 heterocycles. The zero-order chi connectivity index (χ0) is 23.0. The Labute approximate surface area is 178 Å². The van der Waals surface area contributed by atoms with Crippen molar-refractivity contribution in [3.8, 4) is 17.6 Å². The molecule has 1 unspecified atom stereocenters. The maximum atomic E-state index is 13.9. The van der Waals surface area contributed by atoms with Gasteiger partial charge in [0, 0.05) is 18.2 Å². The van der Waals surface area contributed by atoms with Gasteiger partial charge in [0.1, 0.15) is 17.4 Å². The van der Waals surface area contributed by atoms with Gasteiger partial charge in [-0.3, -0.25) is 14.9 Å². The number of ether oxygens (including phenoxy) is 1. The van der Waals surface area contributed by atoms with Gasteiger partial charge in [-0.1, -0.05) is 17.9 Å². The highest BCUT2D eigenvalue weighted by Gasteiger charge is 2.48. The molecule has 2 aromatic rings. The summed E-state index contributed by atoms with van der Waals surface area (Å²) in [6.07, 6.45) is 0. The minimum absolute atomic E-state index is 0.0145. The number of rotatable bonds is 4. The molecule has 0 saturated carbocycles. The molecule has 32 heavy (non-hydrogen) atoms. The second kappa shape index (κ2) is 7.88. The van der Waals surface area contributed by atoms with Gasteiger partial charge in [-0.05, 0) is 29.8 Å². The van der Waals surface area contributed by atoms with E-state index in [0.29, 0.717) is 11.6 Å². The molecule has 4 rings (SSSR count). The molecule has 1 fully saturated rings. The number of amides is 4. The van der Waals surface area contributed by atoms with Crippen LogP contribution in [0.25, 0.3) is 0 Å². The number of benzene rings is 2. The van der Waals surface area contributed by atoms with Gasteiger partial charge in [0.2, 0.25) is 5.54 Å². The Morgan fingerprint density at radius 3 is 2.56 bits per heavy atom. The average molecular weight is 447 g/mol. The van der Waals surface area contributed by atoms with Crippen molar-refractivity contribution in [3.63, 3.8) is 0 Å². The Bertz CT molecular complexity index is 1210. The summed E-state index contributed by atoms with van der Waals surface area (Å²) in [5.41, 5.74) is -1.53. The molecule has 2 aliphatic rings. The van der Waals surface area contributed by atoms with E-state index >= 15 is 0 Å². The molecular weight excluding hydrogens is 434 g/mol. The molecule has 0 aliphatic carbocycles. The number of carbonyl (C=O) groups is 3. The third-order valence-corrected chi connectivity index (χ3v) is 4.90. The van der Waals surface area contributed by atoms with Gasteiger partial charge in [-0.25, -0.2) is 13.6 Å². The molecule has 0 radical (unpaired) electrons. The van der Waals surface area contributed by atoms with Crippen LogP contribution in [0.3, 0.4) is 0 Å². The fraction of sp³-hybridized carbons (Fsp3) is 0.190. The van der Waals surface area contributed by atoms with Crippen molar-refractivity contribution in [2.75, 3.05) is 6.54 Å². The largest absolute Gasteiger partial charge is 0.435 e. The zero-order valence-electron chi connectivity index (χ0n) is 16.0. The van der Waals surface area contributed by atoms with Gasteiger partial charge in [-0.2, -0.15) is 8.78 Å². The molecule has 2 N–H and O–H groups in total. The maximum absolute atomic E-state index is 13.9. The van der Waals surface area contributed by atoms with Gasteiger partial charge >= 0.3 is 12.6 Å². The minimum atomic E-state index is -3.07. The van der Waals surface area contributed by atoms with E-state index in [4.69, 9.17) is 0 Å². The van der Waals surface area contributed by atoms with Crippen LogP contribution in [0.1, 0.15) is 21.5 Å². The van der Waals surface area contributed by atoms with E-state index in [0.717, 1.165) is 18.2 Å². The van der Waals surface area contributed by atoms with E-state index in [1.807, 2.05) is 5.32 Å². The lowest BCUT2D eigenvalue weighted by molar-refractivity contribution is -0.122. The summed E-state index contributed by atoms with van der Waals surface area (Å²) >= 11 is 0. The Hall–Kier alpha value is -4.07. The predicted octanol–water partition coefficient (Wildman–Crippen LogP) is 2.15. The lowest BCUT2D eigenvalue weighted by Crippen LogP contribution is -2.54. The van der Waals surface area contributed by atoms with Crippen LogP contribution < -0.4 is 15.4 Å². The molecule has 4 amide bonds. The van der Waals surface area contributed by atoms with E-state index in [-0.39, 0.29) is 23.4 Å². The molecule has 0 spiro atoms. The van der Waals surface area contributed by atoms with Crippen molar-refractivity contribution in [2.24, 2.45) is 0 Å². The first-order chi connectivity index (χ1) is 15.2. The SMILES string of the molecule is O=C1NC(=O)C(C#Cc2ccc(F)cc2F)(CN2Cc3ccc(OC(F)F)cc3C2=O)N1. The first kappa shape index (κ1) is 21.2. The number of halogens is 4. The summed E-state index contributed by atoms with van der Waals surface area (Å²) in [6.45, 7) is -3.46. The van der Waals surface area contributed by atoms with Crippen LogP contribution in [0.5, 0.6) is 5.75 Å². The van der Waals surface area contributed by atoms with Gasteiger partial charge in [0.25, 0.3) is 11.8 Å². The topological polar surface area (TPSA) is 87.7 Å². The lowest BCUT2D eigenvalue weighted by atomic mass is 9.99. The van der Waals surface area contributed by atoms with Crippen LogP contribution in [0.4, 0.5) is 22.4 Å². The Morgan fingerprint density at radius 1 is 1.12 bits per heavy atom. The Kier molecular flexibility index (Phi) is 5.22. The molecule has 2 aliphatic heterocycles. The summed E-state index contributed by atoms with van der Waals surface area (Å²) < 4.78 is 56.3. The highest BCUT2D eigenvalue weighted by molar-refractivity contribution is 6.10. The summed E-state index contributed by atoms with van der Waals surface area (Å²) in [4.78, 5) is 38.3. The second-order valence-electron chi connectivity index (χ2n) is 7.05. The number of fused-ring (bicyclic) bond motifs is 1. The van der Waals surface area contributed by atoms with Crippen molar-refractivity contribution in [1.82, 2.24) is 15.5 Å². The smallest absolute Gasteiger partial charge is 0.387 e. The first-order valence-electron chi connectivity index (χ1n) is 9.16. The van der Waals surface area contributed by atoms with Crippen LogP contribution >= 0.6 is 0 Å². The third-order valence-electron chi connectivity index (χ3n) is 4.90. The molecule has 2 aromatic carbocycles. The van der Waals surface area contributed by atoms with Crippen molar-refractivity contribution in [2.45, 2.75) is 18.7 Å². The van der Waals surface area contributed by atoms with Crippen LogP contribution in [-0.4, -0.2) is 41.4 Å². The predicted molar refractivity (Wildman–Crippen MR) is 100 cm³/mol. The number of carbonyl (C=O) groups excluding carboxylic acids is 3. The van der Waals surface area contributed by atoms with Crippen LogP contribution in [-0.2, 0) is 11.3 Å². The van der Waals surface area contributed by atoms with Crippen molar-refractivity contribution >= 4 is 17.8 Å². The lowest BCUT2D eigenvalue weighted by Gasteiger charge is -2.26. The highest BCUT2D eigenvalue weighted by atomic mass is 19.3. The molecule has 164 valence electrons. The normalized spacial score (nSPS) is 19.4. The highest BCUT2D eigenvalue weighted by Crippen LogP contribution is 2.29. The Morgan fingerprint density at radius 2 is 1.91 bits per heavy atom. The number of nitrogens with one attached hydrogen (secondary N) is 2. The Balaban J connectivity index is 1.63. The van der Waals surface area contributed by atoms with E-state index in [2.05, 4.69) is 21.9 Å². The number of alkyl halides is 2. The molecular formula is C21H13F4N3O4. The van der Waals surface area contributed by atoms with E-state index in [9.17, 15) is 31.9 Å². The molecule has 1 atom stereocenters. The number of nitrogens with zero attached hydrogens (tertiary/aromatic N) is 1. The molecule has 1 saturated heterocycles. The van der Waals surface area contributed by atoms with Crippen molar-refractivity contribution in [1.29, 1.82) is 0 Å². The van der Waals surface area contributed by atoms with Crippen molar-refractivity contribution in [3.05, 3.63) is 64.7 Å². The molecule has 7 nitrogen and oxygen atoms in total. The number of hydrogen-bond donors (Lipinski definition) is 2. The van der Waals surface area contributed by atoms with Crippen LogP contribution in [0.15, 0.2) is 36.4 Å². The van der Waals surface area contributed by atoms with Gasteiger partial charge in [0.15, 0.2) is 0 Å². The van der Waals surface area contributed by atoms with Crippen LogP contribution in [0.2, 0.25) is 0 Å². The number of imide groups is 1. The quantitative estimate of drug-likeness (QED) is 0.427. The van der Waals surface area contributed by atoms with Gasteiger partial charge in [-0.15, -0.1) is 0 Å². The summed E-state index contributed by atoms with van der Waals surface area (Å²) in [7, 11) is 0. The minimum Gasteiger partial charge on any atom is -0.435 e. The van der Waals surface area contributed by atoms with Crippen molar-refractivity contribution < 1.29 is 36.7 Å². The summed E-state index contributed by atoms with van der Waals surface area (Å²) in [5.74, 6) is 1.46. The van der Waals surface area contributed by atoms with E-state index < -0.39 is 48.2 Å². The molecule has 11 heteroatoms. The van der Waals surface area contributed by atoms with Gasteiger partial charge in [0.05, 0.1) is 12.1 Å². The molecule has 0 bridgehead atoms. The van der Waals surface area contributed by atoms with Crippen LogP contribution in [0, 0.1) is 23.5 Å². The average Bonchev–Trinajstić information content (AvgIpc) is 3.16. The fourth-order valence-corrected chi connectivity index (χ4v) is 3.43. The summed E-state index contributed by atoms with van der Waals surface area (Å²) in [6, 6.07) is 5.67. The number of urea groups is 1. The summed E-state index contributed by atoms with van der Waals surface area (Å²) in [5, 5.41) is 4.36. The first-order valence-corrected chi connectivity index (χ1v) is 9.16. The van der Waals surface area contributed by atoms with E-state index in [1.54, 1.807) is 0 Å². The number of hydrogen-bond acceptors (Lipinski definition) is 4. The second-order valence-corrected chi connectivity index (χ2v) is 7.05. The monoisotopic (exact) mass is 447 g/mol. The van der Waals surface area contributed by atoms with Gasteiger partial charge < -0.3 is 15.0 Å². The fourth-order valence-electron chi connectivity index (χ4n) is 3.43. The maximum Gasteiger partial charge on any atom is 0.387 e. The molecule has 0 aromatic heterocycles. The standard InChI is InChI=1S/C21H13F4N3O4/c22-13-3-1-11(16(23)7-13)5-6-21(18(30)26-20(31)27-21)10-28-9-12-2-4-14(32-19(24)25)8-15(12)17(28)29/h1-4,7-8,19H,9-10H2,(H2,26,27,30,31). The third kappa shape index (κ3) is 3.94.